The van der Waals surface area contributed by atoms with Gasteiger partial charge in [0.15, 0.2) is 0 Å². The van der Waals surface area contributed by atoms with Crippen molar-refractivity contribution in [3.8, 4) is 0 Å². The summed E-state index contributed by atoms with van der Waals surface area (Å²) in [6.07, 6.45) is -4.52. The van der Waals surface area contributed by atoms with Crippen molar-refractivity contribution in [2.24, 2.45) is 0 Å². The molecule has 0 aliphatic heterocycles. The zero-order valence-electron chi connectivity index (χ0n) is 17.7. The highest BCUT2D eigenvalue weighted by molar-refractivity contribution is 7.92. The van der Waals surface area contributed by atoms with Gasteiger partial charge >= 0.3 is 6.18 Å². The first kappa shape index (κ1) is 25.9. The van der Waals surface area contributed by atoms with Crippen LogP contribution in [0.4, 0.5) is 18.9 Å². The summed E-state index contributed by atoms with van der Waals surface area (Å²) in [5.41, 5.74) is 0.265. The van der Waals surface area contributed by atoms with Gasteiger partial charge in [0.1, 0.15) is 6.54 Å². The Morgan fingerprint density at radius 1 is 0.971 bits per heavy atom. The number of sulfonamides is 1. The molecule has 3 rings (SSSR count). The summed E-state index contributed by atoms with van der Waals surface area (Å²) in [6, 6.07) is 14.6. The van der Waals surface area contributed by atoms with E-state index in [9.17, 15) is 26.4 Å². The Morgan fingerprint density at radius 3 is 2.18 bits per heavy atom. The summed E-state index contributed by atoms with van der Waals surface area (Å²) in [5.74, 6) is -0.732. The maximum absolute atomic E-state index is 13.4. The van der Waals surface area contributed by atoms with Crippen LogP contribution in [0.25, 0.3) is 0 Å². The van der Waals surface area contributed by atoms with Crippen molar-refractivity contribution in [2.75, 3.05) is 10.8 Å². The smallest absolute Gasteiger partial charge is 0.350 e. The highest BCUT2D eigenvalue weighted by atomic mass is 35.5. The topological polar surface area (TPSA) is 66.5 Å². The zero-order chi connectivity index (χ0) is 25.1. The molecule has 0 unspecified atom stereocenters. The number of amides is 1. The first-order valence-corrected chi connectivity index (χ1v) is 12.0. The SMILES string of the molecule is Cc1ccc(S(=O)(=O)N(CC(=O)NCc2cccc(C(F)(F)F)c2)c2cc(Cl)cc(Cl)c2)cc1. The largest absolute Gasteiger partial charge is 0.416 e. The third-order valence-electron chi connectivity index (χ3n) is 4.78. The standard InChI is InChI=1S/C23H19Cl2F3N2O3S/c1-15-5-7-21(8-6-15)34(32,33)30(20-11-18(24)10-19(25)12-20)14-22(31)29-13-16-3-2-4-17(9-16)23(26,27)28/h2-12H,13-14H2,1H3,(H,29,31). The van der Waals surface area contributed by atoms with E-state index in [0.717, 1.165) is 22.0 Å². The molecule has 0 aliphatic rings. The third-order valence-corrected chi connectivity index (χ3v) is 7.00. The fourth-order valence-corrected chi connectivity index (χ4v) is 5.00. The van der Waals surface area contributed by atoms with Crippen LogP contribution >= 0.6 is 23.2 Å². The monoisotopic (exact) mass is 530 g/mol. The Hall–Kier alpha value is -2.75. The van der Waals surface area contributed by atoms with E-state index in [1.165, 1.54) is 42.5 Å². The lowest BCUT2D eigenvalue weighted by molar-refractivity contribution is -0.137. The van der Waals surface area contributed by atoms with Crippen LogP contribution < -0.4 is 9.62 Å². The predicted octanol–water partition coefficient (Wildman–Crippen LogP) is 5.83. The quantitative estimate of drug-likeness (QED) is 0.417. The molecule has 180 valence electrons. The molecular formula is C23H19Cl2F3N2O3S. The number of anilines is 1. The van der Waals surface area contributed by atoms with Crippen LogP contribution in [-0.4, -0.2) is 20.9 Å². The molecule has 0 aliphatic carbocycles. The lowest BCUT2D eigenvalue weighted by Gasteiger charge is -2.24. The molecule has 0 saturated heterocycles. The Balaban J connectivity index is 1.87. The van der Waals surface area contributed by atoms with Crippen molar-refractivity contribution < 1.29 is 26.4 Å². The molecule has 0 atom stereocenters. The molecule has 5 nitrogen and oxygen atoms in total. The summed E-state index contributed by atoms with van der Waals surface area (Å²) in [5, 5.41) is 2.79. The average molecular weight is 531 g/mol. The van der Waals surface area contributed by atoms with Gasteiger partial charge in [-0.3, -0.25) is 9.10 Å². The summed E-state index contributed by atoms with van der Waals surface area (Å²) in [4.78, 5) is 12.6. The first-order chi connectivity index (χ1) is 15.9. The lowest BCUT2D eigenvalue weighted by Crippen LogP contribution is -2.40. The number of nitrogens with one attached hydrogen (secondary N) is 1. The predicted molar refractivity (Wildman–Crippen MR) is 125 cm³/mol. The number of hydrogen-bond acceptors (Lipinski definition) is 3. The second kappa shape index (κ2) is 10.2. The number of nitrogens with zero attached hydrogens (tertiary/aromatic N) is 1. The highest BCUT2D eigenvalue weighted by Crippen LogP contribution is 2.31. The number of rotatable bonds is 7. The van der Waals surface area contributed by atoms with Crippen molar-refractivity contribution in [3.05, 3.63) is 93.5 Å². The van der Waals surface area contributed by atoms with Gasteiger partial charge in [-0.05, 0) is 55.0 Å². The van der Waals surface area contributed by atoms with Gasteiger partial charge in [0.05, 0.1) is 16.1 Å². The van der Waals surface area contributed by atoms with Crippen LogP contribution in [0, 0.1) is 6.92 Å². The molecule has 11 heteroatoms. The van der Waals surface area contributed by atoms with Gasteiger partial charge < -0.3 is 5.32 Å². The van der Waals surface area contributed by atoms with Gasteiger partial charge in [-0.2, -0.15) is 13.2 Å². The fourth-order valence-electron chi connectivity index (χ4n) is 3.08. The van der Waals surface area contributed by atoms with Crippen LogP contribution in [0.3, 0.4) is 0 Å². The van der Waals surface area contributed by atoms with Gasteiger partial charge in [-0.15, -0.1) is 0 Å². The molecule has 0 saturated carbocycles. The number of carbonyl (C=O) groups excluding carboxylic acids is 1. The van der Waals surface area contributed by atoms with Gasteiger partial charge in [-0.1, -0.05) is 53.0 Å². The second-order valence-corrected chi connectivity index (χ2v) is 10.2. The molecular weight excluding hydrogens is 512 g/mol. The van der Waals surface area contributed by atoms with Crippen LogP contribution in [-0.2, 0) is 27.5 Å². The van der Waals surface area contributed by atoms with Crippen LogP contribution in [0.1, 0.15) is 16.7 Å². The molecule has 3 aromatic carbocycles. The molecule has 3 aromatic rings. The van der Waals surface area contributed by atoms with Crippen molar-refractivity contribution in [2.45, 2.75) is 24.5 Å². The van der Waals surface area contributed by atoms with E-state index in [1.807, 2.05) is 0 Å². The molecule has 0 heterocycles. The van der Waals surface area contributed by atoms with Crippen molar-refractivity contribution in [1.29, 1.82) is 0 Å². The first-order valence-electron chi connectivity index (χ1n) is 9.84. The second-order valence-electron chi connectivity index (χ2n) is 7.43. The molecule has 1 amide bonds. The summed E-state index contributed by atoms with van der Waals surface area (Å²) >= 11 is 12.1. The Kier molecular flexibility index (Phi) is 7.80. The zero-order valence-corrected chi connectivity index (χ0v) is 20.1. The number of alkyl halides is 3. The van der Waals surface area contributed by atoms with Crippen LogP contribution in [0.5, 0.6) is 0 Å². The summed E-state index contributed by atoms with van der Waals surface area (Å²) < 4.78 is 66.4. The molecule has 0 bridgehead atoms. The number of halogens is 5. The van der Waals surface area contributed by atoms with E-state index >= 15 is 0 Å². The molecule has 0 spiro atoms. The van der Waals surface area contributed by atoms with E-state index in [2.05, 4.69) is 5.32 Å². The minimum Gasteiger partial charge on any atom is -0.350 e. The number of benzene rings is 3. The molecule has 34 heavy (non-hydrogen) atoms. The Labute approximate surface area is 205 Å². The van der Waals surface area contributed by atoms with Gasteiger partial charge in [0.2, 0.25) is 5.91 Å². The van der Waals surface area contributed by atoms with Crippen LogP contribution in [0.2, 0.25) is 10.0 Å². The van der Waals surface area contributed by atoms with E-state index in [-0.39, 0.29) is 32.7 Å². The van der Waals surface area contributed by atoms with Crippen molar-refractivity contribution in [3.63, 3.8) is 0 Å². The Morgan fingerprint density at radius 2 is 1.59 bits per heavy atom. The van der Waals surface area contributed by atoms with Crippen molar-refractivity contribution >= 4 is 44.8 Å². The van der Waals surface area contributed by atoms with Gasteiger partial charge in [0.25, 0.3) is 10.0 Å². The molecule has 0 radical (unpaired) electrons. The lowest BCUT2D eigenvalue weighted by atomic mass is 10.1. The summed E-state index contributed by atoms with van der Waals surface area (Å²) in [7, 11) is -4.20. The minimum absolute atomic E-state index is 0.0557. The summed E-state index contributed by atoms with van der Waals surface area (Å²) in [6.45, 7) is 0.926. The molecule has 0 aromatic heterocycles. The highest BCUT2D eigenvalue weighted by Gasteiger charge is 2.31. The Bertz CT molecular complexity index is 1280. The van der Waals surface area contributed by atoms with E-state index in [4.69, 9.17) is 23.2 Å². The maximum Gasteiger partial charge on any atom is 0.416 e. The molecule has 0 fully saturated rings. The minimum atomic E-state index is -4.52. The molecule has 1 N–H and O–H groups in total. The number of hydrogen-bond donors (Lipinski definition) is 1. The van der Waals surface area contributed by atoms with Gasteiger partial charge in [0, 0.05) is 16.6 Å². The number of aryl methyl sites for hydroxylation is 1. The maximum atomic E-state index is 13.4. The number of carbonyl (C=O) groups is 1. The fraction of sp³-hybridized carbons (Fsp3) is 0.174. The van der Waals surface area contributed by atoms with Crippen molar-refractivity contribution in [1.82, 2.24) is 5.32 Å². The van der Waals surface area contributed by atoms with E-state index < -0.39 is 34.2 Å². The van der Waals surface area contributed by atoms with Gasteiger partial charge in [-0.25, -0.2) is 8.42 Å². The normalized spacial score (nSPS) is 11.8. The van der Waals surface area contributed by atoms with E-state index in [0.29, 0.717) is 0 Å². The van der Waals surface area contributed by atoms with E-state index in [1.54, 1.807) is 19.1 Å². The third kappa shape index (κ3) is 6.43. The van der Waals surface area contributed by atoms with Crippen LogP contribution in [0.15, 0.2) is 71.6 Å². The average Bonchev–Trinajstić information content (AvgIpc) is 2.75.